The van der Waals surface area contributed by atoms with Gasteiger partial charge in [-0.2, -0.15) is 0 Å². The van der Waals surface area contributed by atoms with Crippen LogP contribution in [0.3, 0.4) is 0 Å². The fraction of sp³-hybridized carbons (Fsp3) is 0.316. The summed E-state index contributed by atoms with van der Waals surface area (Å²) < 4.78 is 5.35. The zero-order valence-corrected chi connectivity index (χ0v) is 16.5. The van der Waals surface area contributed by atoms with Crippen molar-refractivity contribution < 1.29 is 9.53 Å². The van der Waals surface area contributed by atoms with Gasteiger partial charge in [0.15, 0.2) is 0 Å². The molecule has 140 valence electrons. The van der Waals surface area contributed by atoms with Gasteiger partial charge in [-0.15, -0.1) is 11.3 Å². The van der Waals surface area contributed by atoms with E-state index >= 15 is 0 Å². The molecule has 1 amide bonds. The lowest BCUT2D eigenvalue weighted by Crippen LogP contribution is -2.49. The SMILES string of the molecule is COc1ccc(Cl)cc1CC(=O)N1CCN(c2ncnc3sccc23)CC1. The van der Waals surface area contributed by atoms with Gasteiger partial charge in [0.25, 0.3) is 0 Å². The quantitative estimate of drug-likeness (QED) is 0.670. The van der Waals surface area contributed by atoms with Gasteiger partial charge < -0.3 is 14.5 Å². The van der Waals surface area contributed by atoms with E-state index in [1.807, 2.05) is 10.3 Å². The molecular formula is C19H19ClN4O2S. The number of hydrogen-bond donors (Lipinski definition) is 0. The lowest BCUT2D eigenvalue weighted by atomic mass is 10.1. The smallest absolute Gasteiger partial charge is 0.227 e. The van der Waals surface area contributed by atoms with E-state index in [0.29, 0.717) is 23.9 Å². The largest absolute Gasteiger partial charge is 0.496 e. The van der Waals surface area contributed by atoms with Gasteiger partial charge in [-0.05, 0) is 29.6 Å². The summed E-state index contributed by atoms with van der Waals surface area (Å²) in [5.74, 6) is 1.72. The lowest BCUT2D eigenvalue weighted by molar-refractivity contribution is -0.130. The number of piperazine rings is 1. The van der Waals surface area contributed by atoms with Gasteiger partial charge in [-0.25, -0.2) is 9.97 Å². The molecule has 0 N–H and O–H groups in total. The van der Waals surface area contributed by atoms with Crippen LogP contribution in [0.1, 0.15) is 5.56 Å². The van der Waals surface area contributed by atoms with E-state index in [4.69, 9.17) is 16.3 Å². The number of fused-ring (bicyclic) bond motifs is 1. The van der Waals surface area contributed by atoms with Crippen molar-refractivity contribution in [3.05, 3.63) is 46.6 Å². The van der Waals surface area contributed by atoms with Crippen LogP contribution in [-0.4, -0.2) is 54.1 Å². The van der Waals surface area contributed by atoms with Crippen molar-refractivity contribution in [1.29, 1.82) is 0 Å². The first-order valence-electron chi connectivity index (χ1n) is 8.69. The number of hydrogen-bond acceptors (Lipinski definition) is 6. The van der Waals surface area contributed by atoms with Gasteiger partial charge in [-0.1, -0.05) is 11.6 Å². The van der Waals surface area contributed by atoms with Crippen molar-refractivity contribution in [2.45, 2.75) is 6.42 Å². The maximum atomic E-state index is 12.7. The topological polar surface area (TPSA) is 58.6 Å². The molecule has 3 heterocycles. The van der Waals surface area contributed by atoms with Crippen LogP contribution in [0.25, 0.3) is 10.2 Å². The Morgan fingerprint density at radius 2 is 2.04 bits per heavy atom. The van der Waals surface area contributed by atoms with Crippen LogP contribution >= 0.6 is 22.9 Å². The number of thiophene rings is 1. The third-order valence-corrected chi connectivity index (χ3v) is 5.81. The number of nitrogens with zero attached hydrogens (tertiary/aromatic N) is 4. The molecule has 0 aliphatic carbocycles. The molecule has 8 heteroatoms. The molecule has 0 bridgehead atoms. The number of methoxy groups -OCH3 is 1. The fourth-order valence-electron chi connectivity index (χ4n) is 3.36. The molecule has 1 aliphatic heterocycles. The summed E-state index contributed by atoms with van der Waals surface area (Å²) in [5, 5.41) is 3.71. The molecule has 6 nitrogen and oxygen atoms in total. The van der Waals surface area contributed by atoms with Gasteiger partial charge in [-0.3, -0.25) is 4.79 Å². The number of benzene rings is 1. The second-order valence-electron chi connectivity index (χ2n) is 6.34. The number of carbonyl (C=O) groups excluding carboxylic acids is 1. The number of halogens is 1. The van der Waals surface area contributed by atoms with Gasteiger partial charge in [0.2, 0.25) is 5.91 Å². The Hall–Kier alpha value is -2.38. The van der Waals surface area contributed by atoms with E-state index < -0.39 is 0 Å². The Labute approximate surface area is 166 Å². The Morgan fingerprint density at radius 1 is 1.22 bits per heavy atom. The molecule has 1 saturated heterocycles. The molecule has 0 radical (unpaired) electrons. The molecule has 27 heavy (non-hydrogen) atoms. The minimum absolute atomic E-state index is 0.0820. The molecule has 2 aromatic heterocycles. The molecule has 0 atom stereocenters. The lowest BCUT2D eigenvalue weighted by Gasteiger charge is -2.35. The van der Waals surface area contributed by atoms with Crippen molar-refractivity contribution in [2.75, 3.05) is 38.2 Å². The van der Waals surface area contributed by atoms with Crippen molar-refractivity contribution in [3.63, 3.8) is 0 Å². The zero-order chi connectivity index (χ0) is 18.8. The standard InChI is InChI=1S/C19H19ClN4O2S/c1-26-16-3-2-14(20)10-13(16)11-17(25)23-5-7-24(8-6-23)18-15-4-9-27-19(15)22-12-21-18/h2-4,9-10,12H,5-8,11H2,1H3. The highest BCUT2D eigenvalue weighted by atomic mass is 35.5. The number of anilines is 1. The molecule has 3 aromatic rings. The van der Waals surface area contributed by atoms with Crippen LogP contribution in [0.15, 0.2) is 36.0 Å². The Balaban J connectivity index is 1.43. The third-order valence-electron chi connectivity index (χ3n) is 4.76. The van der Waals surface area contributed by atoms with Crippen molar-refractivity contribution in [3.8, 4) is 5.75 Å². The fourth-order valence-corrected chi connectivity index (χ4v) is 4.28. The van der Waals surface area contributed by atoms with Crippen LogP contribution < -0.4 is 9.64 Å². The Bertz CT molecular complexity index is 969. The monoisotopic (exact) mass is 402 g/mol. The Morgan fingerprint density at radius 3 is 2.81 bits per heavy atom. The summed E-state index contributed by atoms with van der Waals surface area (Å²) in [7, 11) is 1.60. The summed E-state index contributed by atoms with van der Waals surface area (Å²) >= 11 is 7.68. The molecule has 0 spiro atoms. The van der Waals surface area contributed by atoms with Crippen LogP contribution in [0, 0.1) is 0 Å². The normalized spacial score (nSPS) is 14.6. The van der Waals surface area contributed by atoms with Crippen LogP contribution in [0.2, 0.25) is 5.02 Å². The molecule has 1 fully saturated rings. The second-order valence-corrected chi connectivity index (χ2v) is 7.67. The van der Waals surface area contributed by atoms with Gasteiger partial charge in [0.05, 0.1) is 18.9 Å². The first kappa shape index (κ1) is 18.0. The van der Waals surface area contributed by atoms with Gasteiger partial charge in [0.1, 0.15) is 22.7 Å². The third kappa shape index (κ3) is 3.70. The molecule has 4 rings (SSSR count). The van der Waals surface area contributed by atoms with E-state index in [2.05, 4.69) is 20.9 Å². The number of ether oxygens (including phenoxy) is 1. The highest BCUT2D eigenvalue weighted by Crippen LogP contribution is 2.28. The number of aromatic nitrogens is 2. The summed E-state index contributed by atoms with van der Waals surface area (Å²) in [6.45, 7) is 2.83. The van der Waals surface area contributed by atoms with Crippen molar-refractivity contribution in [1.82, 2.24) is 14.9 Å². The van der Waals surface area contributed by atoms with Crippen molar-refractivity contribution >= 4 is 44.9 Å². The minimum atomic E-state index is 0.0820. The average Bonchev–Trinajstić information content (AvgIpc) is 3.17. The first-order chi connectivity index (χ1) is 13.2. The van der Waals surface area contributed by atoms with Crippen LogP contribution in [0.5, 0.6) is 5.75 Å². The second kappa shape index (κ2) is 7.70. The van der Waals surface area contributed by atoms with E-state index in [-0.39, 0.29) is 12.3 Å². The zero-order valence-electron chi connectivity index (χ0n) is 14.9. The Kier molecular flexibility index (Phi) is 5.13. The highest BCUT2D eigenvalue weighted by molar-refractivity contribution is 7.16. The van der Waals surface area contributed by atoms with E-state index in [1.54, 1.807) is 43.0 Å². The summed E-state index contributed by atoms with van der Waals surface area (Å²) in [6.07, 6.45) is 1.89. The van der Waals surface area contributed by atoms with Crippen LogP contribution in [0.4, 0.5) is 5.82 Å². The van der Waals surface area contributed by atoms with E-state index in [9.17, 15) is 4.79 Å². The molecule has 1 aromatic carbocycles. The van der Waals surface area contributed by atoms with Crippen molar-refractivity contribution in [2.24, 2.45) is 0 Å². The maximum Gasteiger partial charge on any atom is 0.227 e. The first-order valence-corrected chi connectivity index (χ1v) is 9.95. The summed E-state index contributed by atoms with van der Waals surface area (Å²) in [6, 6.07) is 7.41. The summed E-state index contributed by atoms with van der Waals surface area (Å²) in [4.78, 5) is 26.6. The molecule has 0 saturated carbocycles. The number of amides is 1. The highest BCUT2D eigenvalue weighted by Gasteiger charge is 2.24. The number of carbonyl (C=O) groups is 1. The predicted molar refractivity (Wildman–Crippen MR) is 108 cm³/mol. The van der Waals surface area contributed by atoms with Crippen LogP contribution in [-0.2, 0) is 11.2 Å². The molecule has 0 unspecified atom stereocenters. The summed E-state index contributed by atoms with van der Waals surface area (Å²) in [5.41, 5.74) is 0.813. The molecule has 1 aliphatic rings. The van der Waals surface area contributed by atoms with E-state index in [1.165, 1.54) is 0 Å². The molecular weight excluding hydrogens is 384 g/mol. The predicted octanol–water partition coefficient (Wildman–Crippen LogP) is 3.24. The minimum Gasteiger partial charge on any atom is -0.496 e. The van der Waals surface area contributed by atoms with Gasteiger partial charge >= 0.3 is 0 Å². The maximum absolute atomic E-state index is 12.7. The van der Waals surface area contributed by atoms with Gasteiger partial charge in [0, 0.05) is 36.8 Å². The van der Waals surface area contributed by atoms with E-state index in [0.717, 1.165) is 34.7 Å². The average molecular weight is 403 g/mol. The number of rotatable bonds is 4.